The van der Waals surface area contributed by atoms with Crippen LogP contribution in [-0.4, -0.2) is 20.4 Å². The molecule has 1 unspecified atom stereocenters. The van der Waals surface area contributed by atoms with Crippen LogP contribution in [0.5, 0.6) is 0 Å². The van der Waals surface area contributed by atoms with E-state index in [0.717, 1.165) is 11.4 Å². The molecule has 1 atom stereocenters. The van der Waals surface area contributed by atoms with E-state index >= 15 is 0 Å². The first kappa shape index (κ1) is 13.8. The number of nitrogens with one attached hydrogen (secondary N) is 1. The van der Waals surface area contributed by atoms with E-state index in [1.807, 2.05) is 0 Å². The molecule has 0 radical (unpaired) electrons. The van der Waals surface area contributed by atoms with Gasteiger partial charge in [-0.05, 0) is 11.5 Å². The zero-order chi connectivity index (χ0) is 14.3. The molecule has 0 aliphatic heterocycles. The van der Waals surface area contributed by atoms with Gasteiger partial charge >= 0.3 is 0 Å². The molecular weight excluding hydrogens is 240 g/mol. The van der Waals surface area contributed by atoms with Crippen molar-refractivity contribution in [3.8, 4) is 0 Å². The van der Waals surface area contributed by atoms with Crippen LogP contribution in [0.15, 0.2) is 16.9 Å². The maximum absolute atomic E-state index is 5.40. The lowest BCUT2D eigenvalue weighted by atomic mass is 9.78. The fourth-order valence-corrected chi connectivity index (χ4v) is 2.15. The summed E-state index contributed by atoms with van der Waals surface area (Å²) < 4.78 is 5.40. The molecule has 0 saturated heterocycles. The fraction of sp³-hybridized carbons (Fsp3) is 0.643. The molecule has 0 amide bonds. The molecule has 1 N–H and O–H groups in total. The molecule has 0 saturated carbocycles. The van der Waals surface area contributed by atoms with Gasteiger partial charge in [-0.2, -0.15) is 5.10 Å². The molecule has 2 rings (SSSR count). The van der Waals surface area contributed by atoms with Crippen LogP contribution in [0.3, 0.4) is 0 Å². The number of nitrogens with zero attached hydrogens (tertiary/aromatic N) is 3. The van der Waals surface area contributed by atoms with Crippen LogP contribution in [-0.2, 0) is 5.41 Å². The SMILES string of the molecule is CC(C)(C)c1cc(C(c2nnco2)C(C)(C)C)[nH]n1. The Morgan fingerprint density at radius 2 is 1.84 bits per heavy atom. The maximum atomic E-state index is 5.40. The minimum Gasteiger partial charge on any atom is -0.427 e. The van der Waals surface area contributed by atoms with Gasteiger partial charge in [-0.25, -0.2) is 0 Å². The Morgan fingerprint density at radius 3 is 2.26 bits per heavy atom. The summed E-state index contributed by atoms with van der Waals surface area (Å²) in [6.45, 7) is 12.9. The van der Waals surface area contributed by atoms with Crippen LogP contribution < -0.4 is 0 Å². The maximum Gasteiger partial charge on any atom is 0.225 e. The number of hydrogen-bond donors (Lipinski definition) is 1. The Bertz CT molecular complexity index is 529. The number of aromatic amines is 1. The molecule has 2 heterocycles. The summed E-state index contributed by atoms with van der Waals surface area (Å²) in [6, 6.07) is 2.10. The predicted octanol–water partition coefficient (Wildman–Crippen LogP) is 3.27. The van der Waals surface area contributed by atoms with Crippen LogP contribution in [0.4, 0.5) is 0 Å². The highest BCUT2D eigenvalue weighted by Crippen LogP contribution is 2.39. The van der Waals surface area contributed by atoms with E-state index in [2.05, 4.69) is 68.0 Å². The second-order valence-corrected chi connectivity index (χ2v) is 7.03. The van der Waals surface area contributed by atoms with Gasteiger partial charge in [0, 0.05) is 11.1 Å². The third kappa shape index (κ3) is 2.85. The largest absolute Gasteiger partial charge is 0.427 e. The van der Waals surface area contributed by atoms with Gasteiger partial charge < -0.3 is 4.42 Å². The summed E-state index contributed by atoms with van der Waals surface area (Å²) in [5, 5.41) is 15.4. The van der Waals surface area contributed by atoms with Crippen molar-refractivity contribution in [2.45, 2.75) is 52.9 Å². The first-order valence-electron chi connectivity index (χ1n) is 6.51. The smallest absolute Gasteiger partial charge is 0.225 e. The number of rotatable bonds is 2. The van der Waals surface area contributed by atoms with Gasteiger partial charge in [0.15, 0.2) is 0 Å². The van der Waals surface area contributed by atoms with Gasteiger partial charge in [-0.3, -0.25) is 5.10 Å². The predicted molar refractivity (Wildman–Crippen MR) is 72.9 cm³/mol. The van der Waals surface area contributed by atoms with E-state index in [1.54, 1.807) is 0 Å². The van der Waals surface area contributed by atoms with Crippen molar-refractivity contribution in [3.05, 3.63) is 29.7 Å². The minimum absolute atomic E-state index is 0.0126. The molecule has 5 nitrogen and oxygen atoms in total. The Morgan fingerprint density at radius 1 is 1.16 bits per heavy atom. The normalized spacial score (nSPS) is 14.6. The molecule has 0 aliphatic rings. The number of hydrogen-bond acceptors (Lipinski definition) is 4. The summed E-state index contributed by atoms with van der Waals surface area (Å²) in [5.74, 6) is 0.634. The molecular formula is C14H22N4O. The molecule has 5 heteroatoms. The standard InChI is InChI=1S/C14H22N4O/c1-13(2,3)10-7-9(16-17-10)11(14(4,5)6)12-18-15-8-19-12/h7-8,11H,1-6H3,(H,16,17). The lowest BCUT2D eigenvalue weighted by molar-refractivity contribution is 0.301. The molecule has 0 bridgehead atoms. The second-order valence-electron chi connectivity index (χ2n) is 7.03. The zero-order valence-electron chi connectivity index (χ0n) is 12.5. The molecule has 19 heavy (non-hydrogen) atoms. The first-order chi connectivity index (χ1) is 8.69. The summed E-state index contributed by atoms with van der Waals surface area (Å²) in [6.07, 6.45) is 1.37. The van der Waals surface area contributed by atoms with Crippen molar-refractivity contribution >= 4 is 0 Å². The van der Waals surface area contributed by atoms with Crippen LogP contribution in [0.25, 0.3) is 0 Å². The monoisotopic (exact) mass is 262 g/mol. The van der Waals surface area contributed by atoms with Gasteiger partial charge in [0.05, 0.1) is 11.6 Å². The molecule has 104 valence electrons. The molecule has 0 aromatic carbocycles. The Hall–Kier alpha value is -1.65. The Kier molecular flexibility index (Phi) is 3.24. The average Bonchev–Trinajstić information content (AvgIpc) is 2.85. The highest BCUT2D eigenvalue weighted by Gasteiger charge is 2.34. The molecule has 0 fully saturated rings. The van der Waals surface area contributed by atoms with Gasteiger partial charge in [-0.15, -0.1) is 10.2 Å². The van der Waals surface area contributed by atoms with E-state index < -0.39 is 0 Å². The number of aromatic nitrogens is 4. The third-order valence-corrected chi connectivity index (χ3v) is 3.17. The van der Waals surface area contributed by atoms with E-state index in [-0.39, 0.29) is 16.7 Å². The van der Waals surface area contributed by atoms with Gasteiger partial charge in [0.2, 0.25) is 12.3 Å². The lowest BCUT2D eigenvalue weighted by Crippen LogP contribution is -2.20. The van der Waals surface area contributed by atoms with E-state index in [9.17, 15) is 0 Å². The molecule has 2 aromatic heterocycles. The van der Waals surface area contributed by atoms with Crippen molar-refractivity contribution in [1.29, 1.82) is 0 Å². The Labute approximate surface area is 113 Å². The zero-order valence-corrected chi connectivity index (χ0v) is 12.5. The quantitative estimate of drug-likeness (QED) is 0.902. The van der Waals surface area contributed by atoms with Gasteiger partial charge in [0.25, 0.3) is 0 Å². The van der Waals surface area contributed by atoms with Gasteiger partial charge in [-0.1, -0.05) is 41.5 Å². The van der Waals surface area contributed by atoms with E-state index in [1.165, 1.54) is 6.39 Å². The van der Waals surface area contributed by atoms with E-state index in [4.69, 9.17) is 4.42 Å². The van der Waals surface area contributed by atoms with Crippen LogP contribution in [0.1, 0.15) is 64.7 Å². The molecule has 2 aromatic rings. The number of H-pyrrole nitrogens is 1. The summed E-state index contributed by atoms with van der Waals surface area (Å²) >= 11 is 0. The van der Waals surface area contributed by atoms with Crippen LogP contribution in [0.2, 0.25) is 0 Å². The topological polar surface area (TPSA) is 67.6 Å². The molecule has 0 aliphatic carbocycles. The summed E-state index contributed by atoms with van der Waals surface area (Å²) in [7, 11) is 0. The second kappa shape index (κ2) is 4.47. The van der Waals surface area contributed by atoms with Crippen molar-refractivity contribution in [2.24, 2.45) is 5.41 Å². The average molecular weight is 262 g/mol. The summed E-state index contributed by atoms with van der Waals surface area (Å²) in [5.41, 5.74) is 2.04. The first-order valence-corrected chi connectivity index (χ1v) is 6.51. The Balaban J connectivity index is 2.43. The van der Waals surface area contributed by atoms with Crippen LogP contribution in [0, 0.1) is 5.41 Å². The highest BCUT2D eigenvalue weighted by molar-refractivity contribution is 5.24. The minimum atomic E-state index is -0.0335. The van der Waals surface area contributed by atoms with Crippen LogP contribution >= 0.6 is 0 Å². The van der Waals surface area contributed by atoms with Crippen molar-refractivity contribution in [3.63, 3.8) is 0 Å². The van der Waals surface area contributed by atoms with Crippen molar-refractivity contribution in [1.82, 2.24) is 20.4 Å². The van der Waals surface area contributed by atoms with E-state index in [0.29, 0.717) is 5.89 Å². The summed E-state index contributed by atoms with van der Waals surface area (Å²) in [4.78, 5) is 0. The fourth-order valence-electron chi connectivity index (χ4n) is 2.15. The third-order valence-electron chi connectivity index (χ3n) is 3.17. The van der Waals surface area contributed by atoms with Crippen molar-refractivity contribution < 1.29 is 4.42 Å². The molecule has 0 spiro atoms. The highest BCUT2D eigenvalue weighted by atomic mass is 16.4. The van der Waals surface area contributed by atoms with Gasteiger partial charge in [0.1, 0.15) is 0 Å². The van der Waals surface area contributed by atoms with Crippen molar-refractivity contribution in [2.75, 3.05) is 0 Å². The lowest BCUT2D eigenvalue weighted by Gasteiger charge is -2.26.